The van der Waals surface area contributed by atoms with E-state index in [1.54, 1.807) is 18.2 Å². The van der Waals surface area contributed by atoms with Crippen molar-refractivity contribution in [2.75, 3.05) is 13.7 Å². The first kappa shape index (κ1) is 20.7. The lowest BCUT2D eigenvalue weighted by Crippen LogP contribution is -2.54. The number of thiophene rings is 1. The van der Waals surface area contributed by atoms with Gasteiger partial charge in [-0.25, -0.2) is 4.79 Å². The molecule has 2 N–H and O–H groups in total. The number of amides is 4. The molecule has 1 aromatic carbocycles. The van der Waals surface area contributed by atoms with E-state index in [0.717, 1.165) is 6.07 Å². The van der Waals surface area contributed by atoms with Crippen molar-refractivity contribution < 1.29 is 32.3 Å². The van der Waals surface area contributed by atoms with E-state index in [-0.39, 0.29) is 23.9 Å². The molecule has 4 rings (SSSR count). The predicted molar refractivity (Wildman–Crippen MR) is 103 cm³/mol. The van der Waals surface area contributed by atoms with E-state index >= 15 is 0 Å². The zero-order valence-electron chi connectivity index (χ0n) is 15.9. The molecule has 31 heavy (non-hydrogen) atoms. The molecule has 7 nitrogen and oxygen atoms in total. The molecule has 11 heteroatoms. The largest absolute Gasteiger partial charge is 0.497 e. The second kappa shape index (κ2) is 7.31. The predicted octanol–water partition coefficient (Wildman–Crippen LogP) is 2.36. The summed E-state index contributed by atoms with van der Waals surface area (Å²) in [7, 11) is 1.47. The molecule has 1 saturated heterocycles. The van der Waals surface area contributed by atoms with Crippen LogP contribution >= 0.6 is 11.3 Å². The maximum Gasteiger partial charge on any atom is 0.425 e. The second-order valence-corrected chi connectivity index (χ2v) is 7.99. The molecule has 1 aromatic heterocycles. The van der Waals surface area contributed by atoms with Gasteiger partial charge in [0.15, 0.2) is 0 Å². The summed E-state index contributed by atoms with van der Waals surface area (Å²) in [5.74, 6) is 4.46. The third-order valence-corrected chi connectivity index (χ3v) is 5.90. The summed E-state index contributed by atoms with van der Waals surface area (Å²) in [6.45, 7) is -0.0904. The number of benzene rings is 1. The summed E-state index contributed by atoms with van der Waals surface area (Å²) < 4.78 is 43.6. The first-order valence-electron chi connectivity index (χ1n) is 8.91. The summed E-state index contributed by atoms with van der Waals surface area (Å²) in [5, 5.41) is 4.49. The van der Waals surface area contributed by atoms with Crippen molar-refractivity contribution in [1.29, 1.82) is 0 Å². The van der Waals surface area contributed by atoms with Gasteiger partial charge in [0.25, 0.3) is 11.8 Å². The van der Waals surface area contributed by atoms with Crippen LogP contribution < -0.4 is 15.4 Å². The van der Waals surface area contributed by atoms with Gasteiger partial charge in [-0.2, -0.15) is 13.2 Å². The van der Waals surface area contributed by atoms with Gasteiger partial charge in [0.05, 0.1) is 18.5 Å². The molecule has 3 heterocycles. The van der Waals surface area contributed by atoms with Crippen molar-refractivity contribution in [2.45, 2.75) is 18.3 Å². The first-order chi connectivity index (χ1) is 14.6. The molecule has 160 valence electrons. The van der Waals surface area contributed by atoms with Crippen LogP contribution in [-0.2, 0) is 17.5 Å². The number of nitrogens with one attached hydrogen (secondary N) is 2. The van der Waals surface area contributed by atoms with E-state index in [1.807, 2.05) is 0 Å². The van der Waals surface area contributed by atoms with Gasteiger partial charge in [-0.15, -0.1) is 11.3 Å². The van der Waals surface area contributed by atoms with Crippen LogP contribution in [0.4, 0.5) is 18.0 Å². The van der Waals surface area contributed by atoms with Crippen LogP contribution in [0.5, 0.6) is 5.75 Å². The van der Waals surface area contributed by atoms with Crippen molar-refractivity contribution in [1.82, 2.24) is 15.5 Å². The fourth-order valence-electron chi connectivity index (χ4n) is 3.34. The van der Waals surface area contributed by atoms with Gasteiger partial charge >= 0.3 is 12.2 Å². The van der Waals surface area contributed by atoms with Gasteiger partial charge in [-0.3, -0.25) is 14.9 Å². The minimum Gasteiger partial charge on any atom is -0.497 e. The van der Waals surface area contributed by atoms with Crippen LogP contribution in [-0.4, -0.2) is 41.9 Å². The molecule has 0 unspecified atom stereocenters. The number of carbonyl (C=O) groups is 3. The molecule has 1 fully saturated rings. The standard InChI is InChI=1S/C20H14F3N3O4S/c1-30-12-3-2-11-9-26(16(27)14(11)8-12)10-19(17(28)24-18(29)25-19)7-6-13-4-5-15(31-13)20(21,22)23/h2-5,8H,9-10H2,1H3,(H2,24,25,28,29)/t19-/m1/s1. The van der Waals surface area contributed by atoms with Crippen LogP contribution in [0.3, 0.4) is 0 Å². The van der Waals surface area contributed by atoms with E-state index in [0.29, 0.717) is 28.2 Å². The van der Waals surface area contributed by atoms with Crippen molar-refractivity contribution in [3.05, 3.63) is 51.2 Å². The van der Waals surface area contributed by atoms with Crippen molar-refractivity contribution in [3.63, 3.8) is 0 Å². The number of halogens is 3. The van der Waals surface area contributed by atoms with Gasteiger partial charge in [-0.1, -0.05) is 17.9 Å². The highest BCUT2D eigenvalue weighted by Gasteiger charge is 2.48. The molecule has 0 bridgehead atoms. The fraction of sp³-hybridized carbons (Fsp3) is 0.250. The van der Waals surface area contributed by atoms with Gasteiger partial charge in [-0.05, 0) is 29.8 Å². The van der Waals surface area contributed by atoms with Gasteiger partial charge in [0.2, 0.25) is 5.54 Å². The monoisotopic (exact) mass is 449 g/mol. The van der Waals surface area contributed by atoms with E-state index in [4.69, 9.17) is 4.74 Å². The first-order valence-corrected chi connectivity index (χ1v) is 9.73. The Bertz CT molecular complexity index is 1160. The number of rotatable bonds is 3. The third-order valence-electron chi connectivity index (χ3n) is 4.85. The number of ether oxygens (including phenoxy) is 1. The highest BCUT2D eigenvalue weighted by molar-refractivity contribution is 7.12. The summed E-state index contributed by atoms with van der Waals surface area (Å²) in [6, 6.07) is 6.28. The highest BCUT2D eigenvalue weighted by atomic mass is 32.1. The highest BCUT2D eigenvalue weighted by Crippen LogP contribution is 2.34. The van der Waals surface area contributed by atoms with Crippen molar-refractivity contribution in [2.24, 2.45) is 0 Å². The lowest BCUT2D eigenvalue weighted by atomic mass is 9.99. The quantitative estimate of drug-likeness (QED) is 0.557. The van der Waals surface area contributed by atoms with Crippen LogP contribution in [0.15, 0.2) is 30.3 Å². The Kier molecular flexibility index (Phi) is 4.89. The molecule has 2 aliphatic rings. The van der Waals surface area contributed by atoms with Crippen LogP contribution in [0.2, 0.25) is 0 Å². The fourth-order valence-corrected chi connectivity index (χ4v) is 4.06. The summed E-state index contributed by atoms with van der Waals surface area (Å²) in [6.07, 6.45) is -4.50. The topological polar surface area (TPSA) is 87.7 Å². The molecule has 2 aliphatic heterocycles. The average molecular weight is 449 g/mol. The Labute approximate surface area is 178 Å². The van der Waals surface area contributed by atoms with E-state index < -0.39 is 28.5 Å². The number of alkyl halides is 3. The number of methoxy groups -OCH3 is 1. The van der Waals surface area contributed by atoms with E-state index in [1.165, 1.54) is 18.1 Å². The van der Waals surface area contributed by atoms with E-state index in [9.17, 15) is 27.6 Å². The Morgan fingerprint density at radius 3 is 2.61 bits per heavy atom. The lowest BCUT2D eigenvalue weighted by Gasteiger charge is -2.26. The zero-order chi connectivity index (χ0) is 22.4. The molecule has 0 radical (unpaired) electrons. The zero-order valence-corrected chi connectivity index (χ0v) is 16.7. The average Bonchev–Trinajstić information content (AvgIpc) is 3.38. The smallest absolute Gasteiger partial charge is 0.425 e. The molecular weight excluding hydrogens is 435 g/mol. The van der Waals surface area contributed by atoms with Crippen molar-refractivity contribution in [3.8, 4) is 17.6 Å². The molecule has 0 spiro atoms. The number of carbonyl (C=O) groups excluding carboxylic acids is 3. The normalized spacial score (nSPS) is 20.1. The Balaban J connectivity index is 1.63. The van der Waals surface area contributed by atoms with Gasteiger partial charge in [0.1, 0.15) is 10.6 Å². The minimum atomic E-state index is -4.50. The number of fused-ring (bicyclic) bond motifs is 1. The maximum atomic E-state index is 12.8. The molecule has 0 aliphatic carbocycles. The number of nitrogens with zero attached hydrogens (tertiary/aromatic N) is 1. The molecule has 2 aromatic rings. The van der Waals surface area contributed by atoms with Crippen LogP contribution in [0.25, 0.3) is 0 Å². The van der Waals surface area contributed by atoms with Gasteiger partial charge < -0.3 is 15.0 Å². The number of imide groups is 1. The van der Waals surface area contributed by atoms with Crippen molar-refractivity contribution >= 4 is 29.2 Å². The SMILES string of the molecule is COc1ccc2c(c1)C(=O)N(C[C@@]1(C#Cc3ccc(C(F)(F)F)s3)NC(=O)NC1=O)C2. The molecular formula is C20H14F3N3O4S. The Morgan fingerprint density at radius 1 is 1.23 bits per heavy atom. The summed E-state index contributed by atoms with van der Waals surface area (Å²) in [5.41, 5.74) is -0.673. The van der Waals surface area contributed by atoms with Crippen LogP contribution in [0, 0.1) is 11.8 Å². The number of hydrogen-bond acceptors (Lipinski definition) is 5. The molecule has 4 amide bonds. The molecule has 0 saturated carbocycles. The summed E-state index contributed by atoms with van der Waals surface area (Å²) in [4.78, 5) is 37.7. The lowest BCUT2D eigenvalue weighted by molar-refractivity contribution is -0.134. The maximum absolute atomic E-state index is 12.8. The van der Waals surface area contributed by atoms with Gasteiger partial charge in [0, 0.05) is 12.1 Å². The molecule has 1 atom stereocenters. The van der Waals surface area contributed by atoms with E-state index in [2.05, 4.69) is 22.5 Å². The minimum absolute atomic E-state index is 0.0708. The number of hydrogen-bond donors (Lipinski definition) is 2. The second-order valence-electron chi connectivity index (χ2n) is 6.91. The third kappa shape index (κ3) is 3.82. The number of urea groups is 1. The Hall–Kier alpha value is -3.52. The van der Waals surface area contributed by atoms with Crippen LogP contribution in [0.1, 0.15) is 25.7 Å². The Morgan fingerprint density at radius 2 is 2.00 bits per heavy atom. The summed E-state index contributed by atoms with van der Waals surface area (Å²) >= 11 is 0.424.